The van der Waals surface area contributed by atoms with Gasteiger partial charge in [-0.1, -0.05) is 0 Å². The van der Waals surface area contributed by atoms with Crippen LogP contribution in [-0.4, -0.2) is 23.2 Å². The Morgan fingerprint density at radius 3 is 2.75 bits per heavy atom. The van der Waals surface area contributed by atoms with Gasteiger partial charge in [-0.05, 0) is 28.7 Å². The van der Waals surface area contributed by atoms with Crippen molar-refractivity contribution >= 4 is 28.6 Å². The van der Waals surface area contributed by atoms with Gasteiger partial charge in [0, 0.05) is 0 Å². The standard InChI is InChI=1S/C9H8F2INO3/c1-16-8-4(12)2-6(9(10)11)13-5(8)3-7(14)15/h2,9H,3H2,1H3,(H,14,15). The fourth-order valence-electron chi connectivity index (χ4n) is 1.16. The molecule has 0 amide bonds. The Balaban J connectivity index is 3.24. The second-order valence-electron chi connectivity index (χ2n) is 2.88. The Morgan fingerprint density at radius 2 is 2.31 bits per heavy atom. The van der Waals surface area contributed by atoms with Gasteiger partial charge in [0.15, 0.2) is 5.75 Å². The molecule has 0 atom stereocenters. The Kier molecular flexibility index (Phi) is 4.39. The number of hydrogen-bond donors (Lipinski definition) is 1. The quantitative estimate of drug-likeness (QED) is 0.852. The van der Waals surface area contributed by atoms with E-state index < -0.39 is 24.5 Å². The predicted molar refractivity (Wildman–Crippen MR) is 59.8 cm³/mol. The SMILES string of the molecule is COc1c(I)cc(C(F)F)nc1CC(=O)O. The maximum absolute atomic E-state index is 12.4. The number of pyridine rings is 1. The summed E-state index contributed by atoms with van der Waals surface area (Å²) >= 11 is 1.80. The number of methoxy groups -OCH3 is 1. The van der Waals surface area contributed by atoms with E-state index >= 15 is 0 Å². The molecule has 1 rings (SSSR count). The van der Waals surface area contributed by atoms with Gasteiger partial charge in [0.05, 0.1) is 22.8 Å². The molecule has 0 spiro atoms. The molecule has 1 heterocycles. The van der Waals surface area contributed by atoms with Gasteiger partial charge >= 0.3 is 5.97 Å². The molecule has 0 fully saturated rings. The molecule has 88 valence electrons. The van der Waals surface area contributed by atoms with Crippen molar-refractivity contribution in [3.8, 4) is 5.75 Å². The summed E-state index contributed by atoms with van der Waals surface area (Å²) in [6.45, 7) is 0. The minimum Gasteiger partial charge on any atom is -0.494 e. The number of nitrogens with zero attached hydrogens (tertiary/aromatic N) is 1. The lowest BCUT2D eigenvalue weighted by molar-refractivity contribution is -0.136. The molecule has 1 N–H and O–H groups in total. The van der Waals surface area contributed by atoms with E-state index in [4.69, 9.17) is 9.84 Å². The van der Waals surface area contributed by atoms with Crippen molar-refractivity contribution in [1.82, 2.24) is 4.98 Å². The van der Waals surface area contributed by atoms with Crippen molar-refractivity contribution in [3.05, 3.63) is 21.0 Å². The van der Waals surface area contributed by atoms with Crippen LogP contribution in [0.25, 0.3) is 0 Å². The molecule has 1 aromatic heterocycles. The first kappa shape index (κ1) is 13.1. The van der Waals surface area contributed by atoms with E-state index in [1.807, 2.05) is 0 Å². The summed E-state index contributed by atoms with van der Waals surface area (Å²) in [5.74, 6) is -0.916. The molecule has 1 aromatic rings. The van der Waals surface area contributed by atoms with Crippen molar-refractivity contribution in [2.24, 2.45) is 0 Å². The Labute approximate surface area is 104 Å². The number of rotatable bonds is 4. The van der Waals surface area contributed by atoms with Crippen LogP contribution in [0.2, 0.25) is 0 Å². The van der Waals surface area contributed by atoms with E-state index in [1.165, 1.54) is 13.2 Å². The molecule has 16 heavy (non-hydrogen) atoms. The molecular formula is C9H8F2INO3. The first-order valence-corrected chi connectivity index (χ1v) is 5.26. The second kappa shape index (κ2) is 5.37. The monoisotopic (exact) mass is 343 g/mol. The van der Waals surface area contributed by atoms with E-state index in [-0.39, 0.29) is 11.4 Å². The van der Waals surface area contributed by atoms with Crippen LogP contribution >= 0.6 is 22.6 Å². The van der Waals surface area contributed by atoms with Crippen molar-refractivity contribution in [2.75, 3.05) is 7.11 Å². The number of aromatic nitrogens is 1. The molecule has 0 bridgehead atoms. The number of aliphatic carboxylic acids is 1. The van der Waals surface area contributed by atoms with Crippen molar-refractivity contribution in [2.45, 2.75) is 12.8 Å². The molecule has 0 aliphatic rings. The molecule has 7 heteroatoms. The van der Waals surface area contributed by atoms with Crippen molar-refractivity contribution in [1.29, 1.82) is 0 Å². The molecule has 0 saturated heterocycles. The fraction of sp³-hybridized carbons (Fsp3) is 0.333. The first-order chi connectivity index (χ1) is 7.45. The lowest BCUT2D eigenvalue weighted by Gasteiger charge is -2.10. The van der Waals surface area contributed by atoms with Crippen molar-refractivity contribution in [3.63, 3.8) is 0 Å². The van der Waals surface area contributed by atoms with E-state index in [0.717, 1.165) is 0 Å². The number of halogens is 3. The van der Waals surface area contributed by atoms with Gasteiger partial charge in [-0.15, -0.1) is 0 Å². The van der Waals surface area contributed by atoms with Crippen LogP contribution in [0.4, 0.5) is 8.78 Å². The smallest absolute Gasteiger partial charge is 0.309 e. The average Bonchev–Trinajstić information content (AvgIpc) is 2.16. The van der Waals surface area contributed by atoms with Gasteiger partial charge in [-0.3, -0.25) is 4.79 Å². The molecule has 0 radical (unpaired) electrons. The highest BCUT2D eigenvalue weighted by Gasteiger charge is 2.18. The number of alkyl halides is 2. The zero-order valence-electron chi connectivity index (χ0n) is 8.21. The topological polar surface area (TPSA) is 59.4 Å². The summed E-state index contributed by atoms with van der Waals surface area (Å²) in [4.78, 5) is 14.1. The van der Waals surface area contributed by atoms with E-state index in [1.54, 1.807) is 22.6 Å². The Hall–Kier alpha value is -0.990. The average molecular weight is 343 g/mol. The van der Waals surface area contributed by atoms with E-state index in [0.29, 0.717) is 3.57 Å². The van der Waals surface area contributed by atoms with Gasteiger partial charge in [0.2, 0.25) is 0 Å². The van der Waals surface area contributed by atoms with E-state index in [2.05, 4.69) is 4.98 Å². The molecule has 0 aliphatic carbocycles. The van der Waals surface area contributed by atoms with Gasteiger partial charge in [0.1, 0.15) is 5.69 Å². The predicted octanol–water partition coefficient (Wildman–Crippen LogP) is 2.26. The summed E-state index contributed by atoms with van der Waals surface area (Å²) in [7, 11) is 1.34. The summed E-state index contributed by atoms with van der Waals surface area (Å²) < 4.78 is 30.2. The van der Waals surface area contributed by atoms with Crippen LogP contribution in [0.5, 0.6) is 5.75 Å². The number of ether oxygens (including phenoxy) is 1. The third kappa shape index (κ3) is 3.00. The van der Waals surface area contributed by atoms with Gasteiger partial charge in [-0.2, -0.15) is 0 Å². The summed E-state index contributed by atoms with van der Waals surface area (Å²) in [5, 5.41) is 8.62. The van der Waals surface area contributed by atoms with Gasteiger partial charge in [0.25, 0.3) is 6.43 Å². The van der Waals surface area contributed by atoms with Crippen molar-refractivity contribution < 1.29 is 23.4 Å². The van der Waals surface area contributed by atoms with Crippen LogP contribution in [-0.2, 0) is 11.2 Å². The zero-order valence-corrected chi connectivity index (χ0v) is 10.4. The molecule has 0 aromatic carbocycles. The third-order valence-corrected chi connectivity index (χ3v) is 2.57. The summed E-state index contributed by atoms with van der Waals surface area (Å²) in [5.41, 5.74) is -0.432. The Morgan fingerprint density at radius 1 is 1.69 bits per heavy atom. The van der Waals surface area contributed by atoms with Gasteiger partial charge < -0.3 is 9.84 Å². The molecule has 4 nitrogen and oxygen atoms in total. The first-order valence-electron chi connectivity index (χ1n) is 4.19. The zero-order chi connectivity index (χ0) is 12.3. The number of carboxylic acids is 1. The summed E-state index contributed by atoms with van der Waals surface area (Å²) in [6.07, 6.45) is -3.17. The second-order valence-corrected chi connectivity index (χ2v) is 4.04. The van der Waals surface area contributed by atoms with Crippen LogP contribution in [0, 0.1) is 3.57 Å². The van der Waals surface area contributed by atoms with Crippen LogP contribution < -0.4 is 4.74 Å². The maximum atomic E-state index is 12.4. The maximum Gasteiger partial charge on any atom is 0.309 e. The minimum absolute atomic E-state index is 0.0113. The number of carboxylic acid groups (broad SMARTS) is 1. The fourth-order valence-corrected chi connectivity index (χ4v) is 2.01. The van der Waals surface area contributed by atoms with Crippen LogP contribution in [0.3, 0.4) is 0 Å². The molecular weight excluding hydrogens is 335 g/mol. The Bertz CT molecular complexity index is 412. The normalized spacial score (nSPS) is 10.6. The number of carbonyl (C=O) groups is 1. The van der Waals surface area contributed by atoms with E-state index in [9.17, 15) is 13.6 Å². The van der Waals surface area contributed by atoms with Crippen LogP contribution in [0.1, 0.15) is 17.8 Å². The highest BCUT2D eigenvalue weighted by molar-refractivity contribution is 14.1. The van der Waals surface area contributed by atoms with Crippen LogP contribution in [0.15, 0.2) is 6.07 Å². The minimum atomic E-state index is -2.73. The molecule has 0 saturated carbocycles. The lowest BCUT2D eigenvalue weighted by Crippen LogP contribution is -2.08. The summed E-state index contributed by atoms with van der Waals surface area (Å²) in [6, 6.07) is 1.18. The molecule has 0 aliphatic heterocycles. The highest BCUT2D eigenvalue weighted by atomic mass is 127. The third-order valence-electron chi connectivity index (χ3n) is 1.76. The van der Waals surface area contributed by atoms with Gasteiger partial charge in [-0.25, -0.2) is 13.8 Å². The highest BCUT2D eigenvalue weighted by Crippen LogP contribution is 2.28. The molecule has 0 unspecified atom stereocenters. The number of hydrogen-bond acceptors (Lipinski definition) is 3. The largest absolute Gasteiger partial charge is 0.494 e. The lowest BCUT2D eigenvalue weighted by atomic mass is 10.2.